The second-order valence-electron chi connectivity index (χ2n) is 4.30. The van der Waals surface area contributed by atoms with Crippen LogP contribution in [0.25, 0.3) is 0 Å². The summed E-state index contributed by atoms with van der Waals surface area (Å²) < 4.78 is 5.45. The number of hydrogen-bond acceptors (Lipinski definition) is 4. The molecular weight excluding hydrogens is 262 g/mol. The maximum Gasteiger partial charge on any atom is 0.265 e. The highest BCUT2D eigenvalue weighted by Gasteiger charge is 2.24. The topological polar surface area (TPSA) is 55.4 Å². The number of carbonyl (C=O) groups is 2. The van der Waals surface area contributed by atoms with Crippen molar-refractivity contribution < 1.29 is 14.3 Å². The fraction of sp³-hybridized carbons (Fsp3) is 0.143. The van der Waals surface area contributed by atoms with E-state index in [1.165, 1.54) is 11.3 Å². The first-order valence-electron chi connectivity index (χ1n) is 5.83. The summed E-state index contributed by atoms with van der Waals surface area (Å²) in [6.45, 7) is 1.68. The van der Waals surface area contributed by atoms with Crippen LogP contribution in [0.3, 0.4) is 0 Å². The molecule has 0 aliphatic carbocycles. The van der Waals surface area contributed by atoms with Gasteiger partial charge in [-0.3, -0.25) is 9.59 Å². The zero-order chi connectivity index (χ0) is 13.4. The van der Waals surface area contributed by atoms with Crippen LogP contribution in [0.2, 0.25) is 0 Å². The van der Waals surface area contributed by atoms with Gasteiger partial charge in [0.25, 0.3) is 5.91 Å². The summed E-state index contributed by atoms with van der Waals surface area (Å²) in [4.78, 5) is 23.7. The van der Waals surface area contributed by atoms with E-state index < -0.39 is 6.10 Å². The Balaban J connectivity index is 1.96. The van der Waals surface area contributed by atoms with Crippen molar-refractivity contribution >= 4 is 28.7 Å². The predicted molar refractivity (Wildman–Crippen MR) is 72.9 cm³/mol. The number of ketones is 1. The van der Waals surface area contributed by atoms with E-state index in [1.807, 2.05) is 5.38 Å². The molecule has 1 aromatic heterocycles. The minimum Gasteiger partial charge on any atom is -0.479 e. The SMILES string of the molecule is CC1Oc2ccc(C(=O)c3ccsc3)cc2NC1=O. The molecule has 96 valence electrons. The van der Waals surface area contributed by atoms with Crippen LogP contribution in [0, 0.1) is 0 Å². The first kappa shape index (κ1) is 11.9. The van der Waals surface area contributed by atoms with Crippen LogP contribution in [0.5, 0.6) is 5.75 Å². The number of benzene rings is 1. The third-order valence-corrected chi connectivity index (χ3v) is 3.64. The van der Waals surface area contributed by atoms with E-state index >= 15 is 0 Å². The van der Waals surface area contributed by atoms with Crippen molar-refractivity contribution in [1.82, 2.24) is 0 Å². The van der Waals surface area contributed by atoms with Crippen LogP contribution < -0.4 is 10.1 Å². The molecule has 1 aliphatic rings. The number of ether oxygens (including phenoxy) is 1. The van der Waals surface area contributed by atoms with E-state index in [2.05, 4.69) is 5.32 Å². The Morgan fingerprint density at radius 2 is 2.16 bits per heavy atom. The molecular formula is C14H11NO3S. The molecule has 1 N–H and O–H groups in total. The molecule has 1 amide bonds. The Morgan fingerprint density at radius 3 is 2.89 bits per heavy atom. The van der Waals surface area contributed by atoms with Crippen LogP contribution in [0.15, 0.2) is 35.0 Å². The smallest absolute Gasteiger partial charge is 0.265 e. The number of hydrogen-bond donors (Lipinski definition) is 1. The average Bonchev–Trinajstić information content (AvgIpc) is 2.93. The molecule has 19 heavy (non-hydrogen) atoms. The lowest BCUT2D eigenvalue weighted by Crippen LogP contribution is -2.34. The number of amides is 1. The molecule has 0 radical (unpaired) electrons. The number of fused-ring (bicyclic) bond motifs is 1. The number of rotatable bonds is 2. The highest BCUT2D eigenvalue weighted by molar-refractivity contribution is 7.08. The van der Waals surface area contributed by atoms with E-state index in [9.17, 15) is 9.59 Å². The molecule has 0 fully saturated rings. The third kappa shape index (κ3) is 2.13. The van der Waals surface area contributed by atoms with Gasteiger partial charge < -0.3 is 10.1 Å². The maximum atomic E-state index is 12.2. The van der Waals surface area contributed by atoms with E-state index in [4.69, 9.17) is 4.74 Å². The van der Waals surface area contributed by atoms with Gasteiger partial charge in [-0.15, -0.1) is 0 Å². The second-order valence-corrected chi connectivity index (χ2v) is 5.08. The summed E-state index contributed by atoms with van der Waals surface area (Å²) in [6.07, 6.45) is -0.508. The highest BCUT2D eigenvalue weighted by Crippen LogP contribution is 2.31. The molecule has 1 atom stereocenters. The summed E-state index contributed by atoms with van der Waals surface area (Å²) >= 11 is 1.48. The fourth-order valence-corrected chi connectivity index (χ4v) is 2.55. The van der Waals surface area contributed by atoms with Crippen molar-refractivity contribution in [2.24, 2.45) is 0 Å². The normalized spacial score (nSPS) is 17.3. The van der Waals surface area contributed by atoms with Crippen molar-refractivity contribution in [3.8, 4) is 5.75 Å². The van der Waals surface area contributed by atoms with Gasteiger partial charge in [-0.05, 0) is 36.6 Å². The first-order valence-corrected chi connectivity index (χ1v) is 6.78. The molecule has 0 bridgehead atoms. The minimum absolute atomic E-state index is 0.0584. The third-order valence-electron chi connectivity index (χ3n) is 2.96. The number of carbonyl (C=O) groups excluding carboxylic acids is 2. The maximum absolute atomic E-state index is 12.2. The summed E-state index contributed by atoms with van der Waals surface area (Å²) in [6, 6.07) is 6.86. The van der Waals surface area contributed by atoms with Gasteiger partial charge >= 0.3 is 0 Å². The Labute approximate surface area is 114 Å². The summed E-state index contributed by atoms with van der Waals surface area (Å²) in [7, 11) is 0. The molecule has 0 saturated heterocycles. The lowest BCUT2D eigenvalue weighted by atomic mass is 10.0. The summed E-state index contributed by atoms with van der Waals surface area (Å²) in [5.41, 5.74) is 1.74. The van der Waals surface area contributed by atoms with Crippen molar-refractivity contribution in [2.45, 2.75) is 13.0 Å². The zero-order valence-electron chi connectivity index (χ0n) is 10.2. The highest BCUT2D eigenvalue weighted by atomic mass is 32.1. The first-order chi connectivity index (χ1) is 9.15. The quantitative estimate of drug-likeness (QED) is 0.856. The standard InChI is InChI=1S/C14H11NO3S/c1-8-14(17)15-11-6-9(2-3-12(11)18-8)13(16)10-4-5-19-7-10/h2-8H,1H3,(H,15,17). The van der Waals surface area contributed by atoms with Crippen molar-refractivity contribution in [3.05, 3.63) is 46.2 Å². The predicted octanol–water partition coefficient (Wildman–Crippen LogP) is 2.70. The molecule has 5 heteroatoms. The van der Waals surface area contributed by atoms with Gasteiger partial charge in [0, 0.05) is 16.5 Å². The molecule has 2 heterocycles. The van der Waals surface area contributed by atoms with E-state index in [0.29, 0.717) is 22.6 Å². The van der Waals surface area contributed by atoms with Crippen molar-refractivity contribution in [1.29, 1.82) is 0 Å². The van der Waals surface area contributed by atoms with Crippen LogP contribution in [-0.4, -0.2) is 17.8 Å². The van der Waals surface area contributed by atoms with Gasteiger partial charge in [0.1, 0.15) is 5.75 Å². The summed E-state index contributed by atoms with van der Waals surface area (Å²) in [5, 5.41) is 6.40. The number of nitrogens with one attached hydrogen (secondary N) is 1. The molecule has 1 unspecified atom stereocenters. The zero-order valence-corrected chi connectivity index (χ0v) is 11.0. The van der Waals surface area contributed by atoms with Crippen molar-refractivity contribution in [2.75, 3.05) is 5.32 Å². The average molecular weight is 273 g/mol. The Morgan fingerprint density at radius 1 is 1.32 bits per heavy atom. The Hall–Kier alpha value is -2.14. The van der Waals surface area contributed by atoms with Crippen LogP contribution >= 0.6 is 11.3 Å². The molecule has 1 aromatic carbocycles. The summed E-state index contributed by atoms with van der Waals surface area (Å²) in [5.74, 6) is 0.332. The van der Waals surface area contributed by atoms with Gasteiger partial charge in [0.05, 0.1) is 5.69 Å². The van der Waals surface area contributed by atoms with Crippen LogP contribution in [0.1, 0.15) is 22.8 Å². The Kier molecular flexibility index (Phi) is 2.83. The number of anilines is 1. The molecule has 0 spiro atoms. The van der Waals surface area contributed by atoms with Crippen molar-refractivity contribution in [3.63, 3.8) is 0 Å². The van der Waals surface area contributed by atoms with E-state index in [1.54, 1.807) is 36.6 Å². The second kappa shape index (κ2) is 4.51. The number of thiophene rings is 1. The van der Waals surface area contributed by atoms with Crippen LogP contribution in [0.4, 0.5) is 5.69 Å². The van der Waals surface area contributed by atoms with Gasteiger partial charge in [-0.2, -0.15) is 11.3 Å². The van der Waals surface area contributed by atoms with Gasteiger partial charge in [0.2, 0.25) is 0 Å². The van der Waals surface area contributed by atoms with Gasteiger partial charge in [-0.25, -0.2) is 0 Å². The largest absolute Gasteiger partial charge is 0.479 e. The van der Waals surface area contributed by atoms with E-state index in [-0.39, 0.29) is 11.7 Å². The lowest BCUT2D eigenvalue weighted by Gasteiger charge is -2.23. The van der Waals surface area contributed by atoms with Crippen LogP contribution in [-0.2, 0) is 4.79 Å². The molecule has 0 saturated carbocycles. The fourth-order valence-electron chi connectivity index (χ4n) is 1.91. The monoisotopic (exact) mass is 273 g/mol. The molecule has 1 aliphatic heterocycles. The van der Waals surface area contributed by atoms with Gasteiger partial charge in [-0.1, -0.05) is 0 Å². The Bertz CT molecular complexity index is 649. The molecule has 2 aromatic rings. The molecule has 3 rings (SSSR count). The van der Waals surface area contributed by atoms with E-state index in [0.717, 1.165) is 0 Å². The van der Waals surface area contributed by atoms with Gasteiger partial charge in [0.15, 0.2) is 11.9 Å². The minimum atomic E-state index is -0.508. The molecule has 4 nitrogen and oxygen atoms in total. The lowest BCUT2D eigenvalue weighted by molar-refractivity contribution is -0.122.